The van der Waals surface area contributed by atoms with Gasteiger partial charge >= 0.3 is 0 Å². The van der Waals surface area contributed by atoms with Crippen LogP contribution in [0.4, 0.5) is 0 Å². The van der Waals surface area contributed by atoms with Gasteiger partial charge in [-0.25, -0.2) is 0 Å². The van der Waals surface area contributed by atoms with E-state index in [0.717, 1.165) is 19.6 Å². The standard InChI is InChI=1S/C14H29NO2/c1-4-16-13(11-15)7-10-17-12-5-8-14(2,3)9-6-12/h12-13H,4-11,15H2,1-3H3. The zero-order valence-corrected chi connectivity index (χ0v) is 11.7. The van der Waals surface area contributed by atoms with Gasteiger partial charge in [-0.3, -0.25) is 0 Å². The lowest BCUT2D eigenvalue weighted by molar-refractivity contribution is -0.0202. The predicted octanol–water partition coefficient (Wildman–Crippen LogP) is 2.73. The van der Waals surface area contributed by atoms with Crippen LogP contribution in [-0.2, 0) is 9.47 Å². The van der Waals surface area contributed by atoms with Crippen LogP contribution >= 0.6 is 0 Å². The molecule has 0 amide bonds. The third-order valence-corrected chi connectivity index (χ3v) is 3.74. The molecule has 17 heavy (non-hydrogen) atoms. The monoisotopic (exact) mass is 243 g/mol. The summed E-state index contributed by atoms with van der Waals surface area (Å²) in [7, 11) is 0. The molecule has 2 N–H and O–H groups in total. The molecule has 3 nitrogen and oxygen atoms in total. The molecular formula is C14H29NO2. The molecule has 1 saturated carbocycles. The lowest BCUT2D eigenvalue weighted by Crippen LogP contribution is -2.29. The molecule has 1 aliphatic rings. The summed E-state index contributed by atoms with van der Waals surface area (Å²) in [6, 6.07) is 0. The Morgan fingerprint density at radius 2 is 1.94 bits per heavy atom. The van der Waals surface area contributed by atoms with Gasteiger partial charge in [0.1, 0.15) is 0 Å². The van der Waals surface area contributed by atoms with E-state index in [9.17, 15) is 0 Å². The largest absolute Gasteiger partial charge is 0.378 e. The molecule has 0 heterocycles. The first-order valence-corrected chi connectivity index (χ1v) is 7.00. The van der Waals surface area contributed by atoms with E-state index in [1.54, 1.807) is 0 Å². The maximum absolute atomic E-state index is 5.92. The first-order chi connectivity index (χ1) is 8.07. The molecule has 0 radical (unpaired) electrons. The smallest absolute Gasteiger partial charge is 0.0719 e. The zero-order chi connectivity index (χ0) is 12.7. The fourth-order valence-electron chi connectivity index (χ4n) is 2.41. The Morgan fingerprint density at radius 1 is 1.29 bits per heavy atom. The van der Waals surface area contributed by atoms with Gasteiger partial charge < -0.3 is 15.2 Å². The molecule has 1 aliphatic carbocycles. The molecule has 0 bridgehead atoms. The van der Waals surface area contributed by atoms with Crippen LogP contribution in [0.5, 0.6) is 0 Å². The van der Waals surface area contributed by atoms with Gasteiger partial charge in [-0.05, 0) is 44.4 Å². The fraction of sp³-hybridized carbons (Fsp3) is 1.00. The number of ether oxygens (including phenoxy) is 2. The molecule has 0 aromatic carbocycles. The highest BCUT2D eigenvalue weighted by molar-refractivity contribution is 4.78. The van der Waals surface area contributed by atoms with Crippen LogP contribution < -0.4 is 5.73 Å². The minimum Gasteiger partial charge on any atom is -0.378 e. The first-order valence-electron chi connectivity index (χ1n) is 7.00. The van der Waals surface area contributed by atoms with E-state index in [-0.39, 0.29) is 6.10 Å². The maximum atomic E-state index is 5.92. The van der Waals surface area contributed by atoms with Gasteiger partial charge in [-0.15, -0.1) is 0 Å². The van der Waals surface area contributed by atoms with Crippen molar-refractivity contribution in [1.82, 2.24) is 0 Å². The highest BCUT2D eigenvalue weighted by Gasteiger charge is 2.27. The molecule has 0 spiro atoms. The van der Waals surface area contributed by atoms with Crippen molar-refractivity contribution in [2.45, 2.75) is 65.1 Å². The summed E-state index contributed by atoms with van der Waals surface area (Å²) in [5, 5.41) is 0. The molecule has 0 aromatic rings. The number of hydrogen-bond donors (Lipinski definition) is 1. The van der Waals surface area contributed by atoms with Crippen LogP contribution in [0.25, 0.3) is 0 Å². The van der Waals surface area contributed by atoms with E-state index in [0.29, 0.717) is 18.1 Å². The van der Waals surface area contributed by atoms with Gasteiger partial charge in [0.25, 0.3) is 0 Å². The minimum absolute atomic E-state index is 0.167. The molecule has 3 heteroatoms. The molecule has 1 fully saturated rings. The summed E-state index contributed by atoms with van der Waals surface area (Å²) < 4.78 is 11.4. The molecule has 0 saturated heterocycles. The van der Waals surface area contributed by atoms with Crippen LogP contribution in [0.3, 0.4) is 0 Å². The lowest BCUT2D eigenvalue weighted by atomic mass is 9.76. The van der Waals surface area contributed by atoms with Gasteiger partial charge in [0.2, 0.25) is 0 Å². The Bertz CT molecular complexity index is 196. The fourth-order valence-corrected chi connectivity index (χ4v) is 2.41. The van der Waals surface area contributed by atoms with Crippen LogP contribution in [0.15, 0.2) is 0 Å². The van der Waals surface area contributed by atoms with Crippen molar-refractivity contribution in [3.05, 3.63) is 0 Å². The summed E-state index contributed by atoms with van der Waals surface area (Å²) in [4.78, 5) is 0. The Labute approximate surface area is 106 Å². The molecule has 102 valence electrons. The molecule has 0 aromatic heterocycles. The average Bonchev–Trinajstić information content (AvgIpc) is 2.30. The van der Waals surface area contributed by atoms with Gasteiger partial charge in [0, 0.05) is 19.8 Å². The molecular weight excluding hydrogens is 214 g/mol. The van der Waals surface area contributed by atoms with Crippen molar-refractivity contribution >= 4 is 0 Å². The summed E-state index contributed by atoms with van der Waals surface area (Å²) in [5.41, 5.74) is 6.15. The Balaban J connectivity index is 2.11. The van der Waals surface area contributed by atoms with Crippen molar-refractivity contribution in [2.24, 2.45) is 11.1 Å². The normalized spacial score (nSPS) is 22.6. The Kier molecular flexibility index (Phi) is 6.45. The van der Waals surface area contributed by atoms with E-state index in [2.05, 4.69) is 13.8 Å². The van der Waals surface area contributed by atoms with Crippen LogP contribution in [0.1, 0.15) is 52.9 Å². The Morgan fingerprint density at radius 3 is 2.47 bits per heavy atom. The van der Waals surface area contributed by atoms with E-state index in [1.165, 1.54) is 25.7 Å². The van der Waals surface area contributed by atoms with Gasteiger partial charge in [-0.2, -0.15) is 0 Å². The van der Waals surface area contributed by atoms with Crippen molar-refractivity contribution in [2.75, 3.05) is 19.8 Å². The summed E-state index contributed by atoms with van der Waals surface area (Å²) >= 11 is 0. The molecule has 0 aliphatic heterocycles. The summed E-state index contributed by atoms with van der Waals surface area (Å²) in [6.07, 6.45) is 6.52. The SMILES string of the molecule is CCOC(CN)CCOC1CCC(C)(C)CC1. The van der Waals surface area contributed by atoms with Crippen LogP contribution in [0.2, 0.25) is 0 Å². The number of rotatable bonds is 7. The lowest BCUT2D eigenvalue weighted by Gasteiger charge is -2.34. The third kappa shape index (κ3) is 5.84. The molecule has 1 atom stereocenters. The predicted molar refractivity (Wildman–Crippen MR) is 71.1 cm³/mol. The van der Waals surface area contributed by atoms with Crippen molar-refractivity contribution in [1.29, 1.82) is 0 Å². The first kappa shape index (κ1) is 14.9. The highest BCUT2D eigenvalue weighted by atomic mass is 16.5. The van der Waals surface area contributed by atoms with E-state index < -0.39 is 0 Å². The number of hydrogen-bond acceptors (Lipinski definition) is 3. The van der Waals surface area contributed by atoms with Gasteiger partial charge in [-0.1, -0.05) is 13.8 Å². The Hall–Kier alpha value is -0.120. The molecule has 1 rings (SSSR count). The minimum atomic E-state index is 0.167. The quantitative estimate of drug-likeness (QED) is 0.747. The van der Waals surface area contributed by atoms with Gasteiger partial charge in [0.15, 0.2) is 0 Å². The summed E-state index contributed by atoms with van der Waals surface area (Å²) in [5.74, 6) is 0. The van der Waals surface area contributed by atoms with Crippen molar-refractivity contribution in [3.63, 3.8) is 0 Å². The molecule has 1 unspecified atom stereocenters. The van der Waals surface area contributed by atoms with Crippen molar-refractivity contribution in [3.8, 4) is 0 Å². The highest BCUT2D eigenvalue weighted by Crippen LogP contribution is 2.36. The second-order valence-corrected chi connectivity index (χ2v) is 5.84. The maximum Gasteiger partial charge on any atom is 0.0719 e. The second-order valence-electron chi connectivity index (χ2n) is 5.84. The van der Waals surface area contributed by atoms with E-state index in [1.807, 2.05) is 6.92 Å². The average molecular weight is 243 g/mol. The topological polar surface area (TPSA) is 44.5 Å². The number of nitrogens with two attached hydrogens (primary N) is 1. The van der Waals surface area contributed by atoms with Crippen LogP contribution in [-0.4, -0.2) is 32.0 Å². The zero-order valence-electron chi connectivity index (χ0n) is 11.7. The summed E-state index contributed by atoms with van der Waals surface area (Å²) in [6.45, 7) is 8.82. The third-order valence-electron chi connectivity index (χ3n) is 3.74. The van der Waals surface area contributed by atoms with Gasteiger partial charge in [0.05, 0.1) is 12.2 Å². The van der Waals surface area contributed by atoms with Crippen LogP contribution in [0, 0.1) is 5.41 Å². The second kappa shape index (κ2) is 7.34. The van der Waals surface area contributed by atoms with Crippen molar-refractivity contribution < 1.29 is 9.47 Å². The van der Waals surface area contributed by atoms with E-state index in [4.69, 9.17) is 15.2 Å². The van der Waals surface area contributed by atoms with E-state index >= 15 is 0 Å².